The van der Waals surface area contributed by atoms with Crippen LogP contribution in [0.1, 0.15) is 11.1 Å². The SMILES string of the molecule is Cc1cccc([N+](=O)[O-])c1NCCc1ccc(Cl)cc1Cl. The van der Waals surface area contributed by atoms with Crippen LogP contribution in [-0.4, -0.2) is 11.5 Å². The van der Waals surface area contributed by atoms with Crippen molar-refractivity contribution in [3.8, 4) is 0 Å². The molecular weight excluding hydrogens is 311 g/mol. The van der Waals surface area contributed by atoms with E-state index in [-0.39, 0.29) is 10.6 Å². The minimum Gasteiger partial charge on any atom is -0.379 e. The van der Waals surface area contributed by atoms with Crippen LogP contribution in [0.25, 0.3) is 0 Å². The van der Waals surface area contributed by atoms with E-state index < -0.39 is 0 Å². The Bertz CT molecular complexity index is 675. The van der Waals surface area contributed by atoms with Gasteiger partial charge in [-0.15, -0.1) is 0 Å². The van der Waals surface area contributed by atoms with E-state index in [1.54, 1.807) is 18.2 Å². The number of aryl methyl sites for hydroxylation is 1. The number of nitro benzene ring substituents is 1. The Labute approximate surface area is 132 Å². The lowest BCUT2D eigenvalue weighted by atomic mass is 10.1. The first kappa shape index (κ1) is 15.6. The summed E-state index contributed by atoms with van der Waals surface area (Å²) in [7, 11) is 0. The third-order valence-electron chi connectivity index (χ3n) is 3.16. The molecule has 0 spiro atoms. The van der Waals surface area contributed by atoms with E-state index in [0.717, 1.165) is 11.1 Å². The van der Waals surface area contributed by atoms with Crippen LogP contribution < -0.4 is 5.32 Å². The molecular formula is C15H14Cl2N2O2. The minimum absolute atomic E-state index is 0.0807. The molecule has 2 aromatic rings. The average Bonchev–Trinajstić information content (AvgIpc) is 2.42. The zero-order valence-corrected chi connectivity index (χ0v) is 12.9. The summed E-state index contributed by atoms with van der Waals surface area (Å²) < 4.78 is 0. The van der Waals surface area contributed by atoms with Gasteiger partial charge < -0.3 is 5.32 Å². The third kappa shape index (κ3) is 3.86. The van der Waals surface area contributed by atoms with Crippen molar-refractivity contribution >= 4 is 34.6 Å². The predicted octanol–water partition coefficient (Wildman–Crippen LogP) is 4.86. The molecule has 2 rings (SSSR count). The van der Waals surface area contributed by atoms with Crippen molar-refractivity contribution in [2.75, 3.05) is 11.9 Å². The summed E-state index contributed by atoms with van der Waals surface area (Å²) in [5.74, 6) is 0. The summed E-state index contributed by atoms with van der Waals surface area (Å²) >= 11 is 12.0. The Morgan fingerprint density at radius 3 is 2.67 bits per heavy atom. The monoisotopic (exact) mass is 324 g/mol. The molecule has 0 unspecified atom stereocenters. The summed E-state index contributed by atoms with van der Waals surface area (Å²) in [4.78, 5) is 10.6. The van der Waals surface area contributed by atoms with Gasteiger partial charge in [0.1, 0.15) is 5.69 Å². The van der Waals surface area contributed by atoms with Gasteiger partial charge in [0.05, 0.1) is 4.92 Å². The lowest BCUT2D eigenvalue weighted by Crippen LogP contribution is -2.08. The Morgan fingerprint density at radius 2 is 2.00 bits per heavy atom. The molecule has 0 heterocycles. The molecule has 0 atom stereocenters. The lowest BCUT2D eigenvalue weighted by Gasteiger charge is -2.10. The number of hydrogen-bond donors (Lipinski definition) is 1. The summed E-state index contributed by atoms with van der Waals surface area (Å²) in [6.45, 7) is 2.39. The second kappa shape index (κ2) is 6.78. The normalized spacial score (nSPS) is 10.4. The molecule has 0 radical (unpaired) electrons. The van der Waals surface area contributed by atoms with Gasteiger partial charge >= 0.3 is 0 Å². The van der Waals surface area contributed by atoms with Crippen LogP contribution >= 0.6 is 23.2 Å². The first-order valence-electron chi connectivity index (χ1n) is 6.41. The number of para-hydroxylation sites is 1. The van der Waals surface area contributed by atoms with E-state index in [4.69, 9.17) is 23.2 Å². The van der Waals surface area contributed by atoms with E-state index in [0.29, 0.717) is 28.7 Å². The maximum Gasteiger partial charge on any atom is 0.292 e. The highest BCUT2D eigenvalue weighted by Crippen LogP contribution is 2.28. The molecule has 0 aliphatic carbocycles. The molecule has 0 saturated carbocycles. The maximum absolute atomic E-state index is 11.0. The topological polar surface area (TPSA) is 55.2 Å². The first-order valence-corrected chi connectivity index (χ1v) is 7.16. The van der Waals surface area contributed by atoms with Crippen molar-refractivity contribution in [3.63, 3.8) is 0 Å². The maximum atomic E-state index is 11.0. The van der Waals surface area contributed by atoms with Gasteiger partial charge in [0.2, 0.25) is 0 Å². The van der Waals surface area contributed by atoms with Crippen molar-refractivity contribution in [2.24, 2.45) is 0 Å². The van der Waals surface area contributed by atoms with Crippen LogP contribution in [0, 0.1) is 17.0 Å². The van der Waals surface area contributed by atoms with Crippen LogP contribution in [0.4, 0.5) is 11.4 Å². The van der Waals surface area contributed by atoms with Gasteiger partial charge in [0.25, 0.3) is 5.69 Å². The van der Waals surface area contributed by atoms with Crippen LogP contribution in [0.3, 0.4) is 0 Å². The lowest BCUT2D eigenvalue weighted by molar-refractivity contribution is -0.384. The highest BCUT2D eigenvalue weighted by atomic mass is 35.5. The van der Waals surface area contributed by atoms with Crippen molar-refractivity contribution in [3.05, 3.63) is 67.7 Å². The average molecular weight is 325 g/mol. The van der Waals surface area contributed by atoms with Crippen molar-refractivity contribution in [1.29, 1.82) is 0 Å². The molecule has 4 nitrogen and oxygen atoms in total. The second-order valence-corrected chi connectivity index (χ2v) is 5.48. The van der Waals surface area contributed by atoms with Crippen LogP contribution in [-0.2, 0) is 6.42 Å². The number of nitro groups is 1. The van der Waals surface area contributed by atoms with Crippen molar-refractivity contribution in [1.82, 2.24) is 0 Å². The smallest absolute Gasteiger partial charge is 0.292 e. The molecule has 0 saturated heterocycles. The molecule has 110 valence electrons. The fourth-order valence-electron chi connectivity index (χ4n) is 2.08. The fourth-order valence-corrected chi connectivity index (χ4v) is 2.58. The second-order valence-electron chi connectivity index (χ2n) is 4.64. The molecule has 0 aliphatic heterocycles. The standard InChI is InChI=1S/C15H14Cl2N2O2/c1-10-3-2-4-14(19(20)21)15(10)18-8-7-11-5-6-12(16)9-13(11)17/h2-6,9,18H,7-8H2,1H3. The van der Waals surface area contributed by atoms with Gasteiger partial charge in [-0.1, -0.05) is 41.4 Å². The number of hydrogen-bond acceptors (Lipinski definition) is 3. The van der Waals surface area contributed by atoms with Crippen molar-refractivity contribution < 1.29 is 4.92 Å². The fraction of sp³-hybridized carbons (Fsp3) is 0.200. The number of rotatable bonds is 5. The van der Waals surface area contributed by atoms with Crippen LogP contribution in [0.15, 0.2) is 36.4 Å². The molecule has 6 heteroatoms. The van der Waals surface area contributed by atoms with Gasteiger partial charge in [-0.3, -0.25) is 10.1 Å². The van der Waals surface area contributed by atoms with E-state index in [9.17, 15) is 10.1 Å². The van der Waals surface area contributed by atoms with Gasteiger partial charge in [-0.05, 0) is 36.6 Å². The third-order valence-corrected chi connectivity index (χ3v) is 3.75. The Hall–Kier alpha value is -1.78. The van der Waals surface area contributed by atoms with E-state index in [1.165, 1.54) is 6.07 Å². The minimum atomic E-state index is -0.384. The largest absolute Gasteiger partial charge is 0.379 e. The zero-order valence-electron chi connectivity index (χ0n) is 11.4. The highest BCUT2D eigenvalue weighted by Gasteiger charge is 2.14. The summed E-state index contributed by atoms with van der Waals surface area (Å²) in [6, 6.07) is 10.3. The zero-order chi connectivity index (χ0) is 15.4. The molecule has 1 N–H and O–H groups in total. The number of nitrogens with zero attached hydrogens (tertiary/aromatic N) is 1. The van der Waals surface area contributed by atoms with E-state index >= 15 is 0 Å². The Kier molecular flexibility index (Phi) is 5.04. The molecule has 2 aromatic carbocycles. The summed E-state index contributed by atoms with van der Waals surface area (Å²) in [5, 5.41) is 15.3. The van der Waals surface area contributed by atoms with Gasteiger partial charge in [-0.2, -0.15) is 0 Å². The number of halogens is 2. The van der Waals surface area contributed by atoms with Crippen LogP contribution in [0.5, 0.6) is 0 Å². The number of anilines is 1. The molecule has 0 amide bonds. The molecule has 0 fully saturated rings. The van der Waals surface area contributed by atoms with Gasteiger partial charge in [0.15, 0.2) is 0 Å². The van der Waals surface area contributed by atoms with Crippen molar-refractivity contribution in [2.45, 2.75) is 13.3 Å². The Morgan fingerprint density at radius 1 is 1.24 bits per heavy atom. The van der Waals surface area contributed by atoms with Gasteiger partial charge in [-0.25, -0.2) is 0 Å². The quantitative estimate of drug-likeness (QED) is 0.630. The van der Waals surface area contributed by atoms with Gasteiger partial charge in [0, 0.05) is 22.7 Å². The molecule has 21 heavy (non-hydrogen) atoms. The first-order chi connectivity index (χ1) is 9.99. The predicted molar refractivity (Wildman–Crippen MR) is 86.5 cm³/mol. The molecule has 0 bridgehead atoms. The number of nitrogens with one attached hydrogen (secondary N) is 1. The summed E-state index contributed by atoms with van der Waals surface area (Å²) in [6.07, 6.45) is 0.654. The highest BCUT2D eigenvalue weighted by molar-refractivity contribution is 6.35. The summed E-state index contributed by atoms with van der Waals surface area (Å²) in [5.41, 5.74) is 2.42. The van der Waals surface area contributed by atoms with Crippen LogP contribution in [0.2, 0.25) is 10.0 Å². The molecule has 0 aliphatic rings. The van der Waals surface area contributed by atoms with E-state index in [2.05, 4.69) is 5.32 Å². The number of benzene rings is 2. The Balaban J connectivity index is 2.09. The van der Waals surface area contributed by atoms with E-state index in [1.807, 2.05) is 19.1 Å². The molecule has 0 aromatic heterocycles.